The van der Waals surface area contributed by atoms with Crippen LogP contribution in [0.3, 0.4) is 0 Å². The van der Waals surface area contributed by atoms with Crippen molar-refractivity contribution in [3.8, 4) is 0 Å². The van der Waals surface area contributed by atoms with Crippen LogP contribution >= 0.6 is 0 Å². The lowest BCUT2D eigenvalue weighted by Crippen LogP contribution is -2.41. The smallest absolute Gasteiger partial charge is 0.255 e. The number of aromatic nitrogens is 1. The number of nitrogens with zero attached hydrogens (tertiary/aromatic N) is 1. The minimum atomic E-state index is -0.761. The molecule has 1 aromatic heterocycles. The summed E-state index contributed by atoms with van der Waals surface area (Å²) in [5, 5.41) is 19.2. The third kappa shape index (κ3) is 3.06. The number of rotatable bonds is 5. The van der Waals surface area contributed by atoms with E-state index in [0.717, 1.165) is 0 Å². The van der Waals surface area contributed by atoms with E-state index in [1.165, 1.54) is 23.2 Å². The molecule has 1 heterocycles. The summed E-state index contributed by atoms with van der Waals surface area (Å²) in [6, 6.07) is 4.19. The highest BCUT2D eigenvalue weighted by molar-refractivity contribution is 6.06. The normalized spacial score (nSPS) is 11.9. The standard InChI is InChI=1S/C15H19FN2O3/c1-15(8-19,9-20)7-18(2)14(21)12-6-17-13-5-10(16)3-4-11(12)13/h3-6,17,19-20H,7-9H2,1-2H3. The summed E-state index contributed by atoms with van der Waals surface area (Å²) < 4.78 is 13.1. The fourth-order valence-electron chi connectivity index (χ4n) is 2.28. The Kier molecular flexibility index (Phi) is 4.29. The highest BCUT2D eigenvalue weighted by Crippen LogP contribution is 2.22. The first kappa shape index (κ1) is 15.5. The Morgan fingerprint density at radius 1 is 1.38 bits per heavy atom. The molecule has 1 aromatic carbocycles. The van der Waals surface area contributed by atoms with Gasteiger partial charge in [-0.25, -0.2) is 4.39 Å². The van der Waals surface area contributed by atoms with Crippen LogP contribution in [0, 0.1) is 11.2 Å². The molecule has 1 amide bonds. The van der Waals surface area contributed by atoms with Crippen LogP contribution in [0.5, 0.6) is 0 Å². The molecule has 0 fully saturated rings. The molecule has 0 aliphatic carbocycles. The highest BCUT2D eigenvalue weighted by Gasteiger charge is 2.27. The Morgan fingerprint density at radius 2 is 2.05 bits per heavy atom. The van der Waals surface area contributed by atoms with Crippen molar-refractivity contribution in [3.05, 3.63) is 35.8 Å². The highest BCUT2D eigenvalue weighted by atomic mass is 19.1. The fourth-order valence-corrected chi connectivity index (χ4v) is 2.28. The van der Waals surface area contributed by atoms with Gasteiger partial charge in [-0.3, -0.25) is 4.79 Å². The molecule has 6 heteroatoms. The monoisotopic (exact) mass is 294 g/mol. The molecule has 114 valence electrons. The molecule has 0 radical (unpaired) electrons. The predicted octanol–water partition coefficient (Wildman–Crippen LogP) is 1.37. The summed E-state index contributed by atoms with van der Waals surface area (Å²) >= 11 is 0. The van der Waals surface area contributed by atoms with Crippen molar-refractivity contribution < 1.29 is 19.4 Å². The summed E-state index contributed by atoms with van der Waals surface area (Å²) in [5.74, 6) is -0.620. The van der Waals surface area contributed by atoms with Crippen LogP contribution in [0.1, 0.15) is 17.3 Å². The third-order valence-corrected chi connectivity index (χ3v) is 3.60. The molecule has 2 rings (SSSR count). The predicted molar refractivity (Wildman–Crippen MR) is 77.5 cm³/mol. The van der Waals surface area contributed by atoms with Crippen LogP contribution < -0.4 is 0 Å². The van der Waals surface area contributed by atoms with Crippen molar-refractivity contribution in [3.63, 3.8) is 0 Å². The number of carbonyl (C=O) groups excluding carboxylic acids is 1. The number of aromatic amines is 1. The number of hydrogen-bond acceptors (Lipinski definition) is 3. The van der Waals surface area contributed by atoms with Gasteiger partial charge in [0.15, 0.2) is 0 Å². The maximum atomic E-state index is 13.1. The molecule has 0 saturated heterocycles. The summed E-state index contributed by atoms with van der Waals surface area (Å²) in [7, 11) is 1.61. The van der Waals surface area contributed by atoms with Crippen molar-refractivity contribution in [2.75, 3.05) is 26.8 Å². The lowest BCUT2D eigenvalue weighted by Gasteiger charge is -2.30. The minimum Gasteiger partial charge on any atom is -0.396 e. The van der Waals surface area contributed by atoms with Crippen LogP contribution in [0.4, 0.5) is 4.39 Å². The molecule has 5 nitrogen and oxygen atoms in total. The SMILES string of the molecule is CN(CC(C)(CO)CO)C(=O)c1c[nH]c2cc(F)ccc12. The van der Waals surface area contributed by atoms with Gasteiger partial charge in [0.25, 0.3) is 5.91 Å². The van der Waals surface area contributed by atoms with Crippen LogP contribution in [-0.2, 0) is 0 Å². The lowest BCUT2D eigenvalue weighted by molar-refractivity contribution is 0.0367. The second-order valence-corrected chi connectivity index (χ2v) is 5.68. The van der Waals surface area contributed by atoms with Crippen molar-refractivity contribution in [2.45, 2.75) is 6.92 Å². The summed E-state index contributed by atoms with van der Waals surface area (Å²) in [6.45, 7) is 1.47. The van der Waals surface area contributed by atoms with Gasteiger partial charge in [-0.1, -0.05) is 6.92 Å². The van der Waals surface area contributed by atoms with E-state index in [2.05, 4.69) is 4.98 Å². The van der Waals surface area contributed by atoms with Gasteiger partial charge >= 0.3 is 0 Å². The van der Waals surface area contributed by atoms with E-state index < -0.39 is 5.41 Å². The number of amides is 1. The summed E-state index contributed by atoms with van der Waals surface area (Å²) in [5.41, 5.74) is 0.229. The van der Waals surface area contributed by atoms with Crippen molar-refractivity contribution in [1.29, 1.82) is 0 Å². The van der Waals surface area contributed by atoms with Gasteiger partial charge in [-0.2, -0.15) is 0 Å². The quantitative estimate of drug-likeness (QED) is 0.779. The van der Waals surface area contributed by atoms with E-state index in [0.29, 0.717) is 16.5 Å². The summed E-state index contributed by atoms with van der Waals surface area (Å²) in [6.07, 6.45) is 1.54. The number of nitrogens with one attached hydrogen (secondary N) is 1. The molecule has 21 heavy (non-hydrogen) atoms. The number of benzene rings is 1. The molecule has 0 aliphatic rings. The number of hydrogen-bond donors (Lipinski definition) is 3. The molecule has 0 unspecified atom stereocenters. The maximum Gasteiger partial charge on any atom is 0.255 e. The third-order valence-electron chi connectivity index (χ3n) is 3.60. The number of aliphatic hydroxyl groups excluding tert-OH is 2. The van der Waals surface area contributed by atoms with Crippen LogP contribution in [0.15, 0.2) is 24.4 Å². The van der Waals surface area contributed by atoms with E-state index in [1.807, 2.05) is 0 Å². The first-order valence-electron chi connectivity index (χ1n) is 6.64. The Balaban J connectivity index is 2.26. The molecular formula is C15H19FN2O3. The van der Waals surface area contributed by atoms with Gasteiger partial charge in [-0.15, -0.1) is 0 Å². The fraction of sp³-hybridized carbons (Fsp3) is 0.400. The van der Waals surface area contributed by atoms with Gasteiger partial charge in [0.1, 0.15) is 5.82 Å². The zero-order valence-electron chi connectivity index (χ0n) is 12.1. The minimum absolute atomic E-state index is 0.215. The largest absolute Gasteiger partial charge is 0.396 e. The van der Waals surface area contributed by atoms with Gasteiger partial charge < -0.3 is 20.1 Å². The lowest BCUT2D eigenvalue weighted by atomic mass is 9.92. The number of H-pyrrole nitrogens is 1. The van der Waals surface area contributed by atoms with E-state index in [1.54, 1.807) is 20.0 Å². The summed E-state index contributed by atoms with van der Waals surface area (Å²) in [4.78, 5) is 16.8. The van der Waals surface area contributed by atoms with E-state index >= 15 is 0 Å². The van der Waals surface area contributed by atoms with E-state index in [4.69, 9.17) is 0 Å². The first-order valence-corrected chi connectivity index (χ1v) is 6.64. The molecule has 3 N–H and O–H groups in total. The molecule has 0 aliphatic heterocycles. The van der Waals surface area contributed by atoms with Gasteiger partial charge in [0.05, 0.1) is 18.8 Å². The Labute approximate surface area is 122 Å². The molecule has 0 saturated carbocycles. The number of aliphatic hydroxyl groups is 2. The van der Waals surface area contributed by atoms with Gasteiger partial charge in [0.2, 0.25) is 0 Å². The average molecular weight is 294 g/mol. The number of fused-ring (bicyclic) bond motifs is 1. The molecule has 0 atom stereocenters. The van der Waals surface area contributed by atoms with Crippen molar-refractivity contribution in [1.82, 2.24) is 9.88 Å². The van der Waals surface area contributed by atoms with E-state index in [-0.39, 0.29) is 31.5 Å². The zero-order valence-corrected chi connectivity index (χ0v) is 12.1. The van der Waals surface area contributed by atoms with Crippen LogP contribution in [-0.4, -0.2) is 52.8 Å². The first-order chi connectivity index (χ1) is 9.90. The topological polar surface area (TPSA) is 76.6 Å². The van der Waals surface area contributed by atoms with Crippen LogP contribution in [0.25, 0.3) is 10.9 Å². The maximum absolute atomic E-state index is 13.1. The second kappa shape index (κ2) is 5.83. The second-order valence-electron chi connectivity index (χ2n) is 5.68. The molecule has 2 aromatic rings. The van der Waals surface area contributed by atoms with Crippen LogP contribution in [0.2, 0.25) is 0 Å². The Morgan fingerprint density at radius 3 is 2.67 bits per heavy atom. The van der Waals surface area contributed by atoms with Crippen molar-refractivity contribution in [2.24, 2.45) is 5.41 Å². The Hall–Kier alpha value is -1.92. The number of halogens is 1. The molecular weight excluding hydrogens is 275 g/mol. The average Bonchev–Trinajstić information content (AvgIpc) is 2.88. The number of carbonyl (C=O) groups is 1. The van der Waals surface area contributed by atoms with E-state index in [9.17, 15) is 19.4 Å². The van der Waals surface area contributed by atoms with Crippen molar-refractivity contribution >= 4 is 16.8 Å². The van der Waals surface area contributed by atoms with Gasteiger partial charge in [0, 0.05) is 36.1 Å². The molecule has 0 bridgehead atoms. The Bertz CT molecular complexity index is 649. The van der Waals surface area contributed by atoms with Gasteiger partial charge in [-0.05, 0) is 18.2 Å². The zero-order chi connectivity index (χ0) is 15.6. The molecule has 0 spiro atoms.